The van der Waals surface area contributed by atoms with E-state index in [2.05, 4.69) is 4.90 Å². The van der Waals surface area contributed by atoms with Crippen LogP contribution in [0.25, 0.3) is 0 Å². The second kappa shape index (κ2) is 9.67. The Morgan fingerprint density at radius 1 is 1.27 bits per heavy atom. The number of likely N-dealkylation sites (tertiary alicyclic amines) is 1. The number of hydrogen-bond acceptors (Lipinski definition) is 5. The van der Waals surface area contributed by atoms with Crippen LogP contribution in [-0.4, -0.2) is 40.2 Å². The van der Waals surface area contributed by atoms with E-state index in [-0.39, 0.29) is 23.2 Å². The Morgan fingerprint density at radius 2 is 1.97 bits per heavy atom. The van der Waals surface area contributed by atoms with E-state index in [0.29, 0.717) is 49.7 Å². The average molecular weight is 433 g/mol. The Morgan fingerprint density at radius 3 is 2.57 bits per heavy atom. The molecule has 30 heavy (non-hydrogen) atoms. The number of halogens is 1. The lowest BCUT2D eigenvalue weighted by molar-refractivity contribution is -0.149. The van der Waals surface area contributed by atoms with Gasteiger partial charge in [0.15, 0.2) is 0 Å². The van der Waals surface area contributed by atoms with Crippen LogP contribution in [0.3, 0.4) is 0 Å². The summed E-state index contributed by atoms with van der Waals surface area (Å²) in [4.78, 5) is 27.6. The Bertz CT molecular complexity index is 964. The molecule has 1 aromatic carbocycles. The summed E-state index contributed by atoms with van der Waals surface area (Å²) in [6.07, 6.45) is 1.29. The summed E-state index contributed by atoms with van der Waals surface area (Å²) in [5.41, 5.74) is 1.71. The minimum absolute atomic E-state index is 0.0142. The number of aromatic nitrogens is 1. The molecule has 0 spiro atoms. The van der Waals surface area contributed by atoms with E-state index < -0.39 is 6.04 Å². The molecule has 162 valence electrons. The molecule has 1 fully saturated rings. The summed E-state index contributed by atoms with van der Waals surface area (Å²) in [6.45, 7) is 7.64. The molecule has 2 heterocycles. The lowest BCUT2D eigenvalue weighted by Gasteiger charge is -2.37. The van der Waals surface area contributed by atoms with Gasteiger partial charge in [0.2, 0.25) is 0 Å². The van der Waals surface area contributed by atoms with Crippen LogP contribution in [0, 0.1) is 12.8 Å². The predicted molar refractivity (Wildman–Crippen MR) is 117 cm³/mol. The van der Waals surface area contributed by atoms with Gasteiger partial charge in [-0.05, 0) is 70.5 Å². The minimum Gasteiger partial charge on any atom is -0.507 e. The van der Waals surface area contributed by atoms with Gasteiger partial charge in [-0.3, -0.25) is 14.5 Å². The molecule has 0 aliphatic carbocycles. The Hall–Kier alpha value is -2.31. The molecule has 0 bridgehead atoms. The van der Waals surface area contributed by atoms with E-state index in [4.69, 9.17) is 16.3 Å². The van der Waals surface area contributed by atoms with Crippen LogP contribution in [0.15, 0.2) is 35.1 Å². The molecule has 1 N–H and O–H groups in total. The zero-order valence-electron chi connectivity index (χ0n) is 17.7. The van der Waals surface area contributed by atoms with Gasteiger partial charge in [0, 0.05) is 17.3 Å². The molecular weight excluding hydrogens is 404 g/mol. The first-order chi connectivity index (χ1) is 14.4. The Kier molecular flexibility index (Phi) is 7.21. The van der Waals surface area contributed by atoms with Gasteiger partial charge in [-0.1, -0.05) is 23.7 Å². The second-order valence-corrected chi connectivity index (χ2v) is 8.09. The normalized spacial score (nSPS) is 16.4. The summed E-state index contributed by atoms with van der Waals surface area (Å²) < 4.78 is 6.84. The number of carbonyl (C=O) groups is 1. The molecule has 0 saturated carbocycles. The molecule has 1 aliphatic heterocycles. The molecule has 2 aromatic rings. The SMILES string of the molecule is CCOC(=O)C1CCN([C@@H](c2cccc(Cl)c2)c2c(O)cc(C)n(CC)c2=O)CC1. The van der Waals surface area contributed by atoms with Crippen LogP contribution in [0.5, 0.6) is 5.75 Å². The summed E-state index contributed by atoms with van der Waals surface area (Å²) in [5.74, 6) is -0.317. The van der Waals surface area contributed by atoms with E-state index in [9.17, 15) is 14.7 Å². The van der Waals surface area contributed by atoms with E-state index in [1.165, 1.54) is 0 Å². The van der Waals surface area contributed by atoms with Crippen molar-refractivity contribution in [2.45, 2.75) is 46.2 Å². The third kappa shape index (κ3) is 4.55. The lowest BCUT2D eigenvalue weighted by Crippen LogP contribution is -2.42. The van der Waals surface area contributed by atoms with Gasteiger partial charge >= 0.3 is 5.97 Å². The van der Waals surface area contributed by atoms with Gasteiger partial charge < -0.3 is 14.4 Å². The maximum absolute atomic E-state index is 13.3. The third-order valence-electron chi connectivity index (χ3n) is 5.79. The molecule has 0 amide bonds. The van der Waals surface area contributed by atoms with Gasteiger partial charge in [-0.15, -0.1) is 0 Å². The molecular formula is C23H29ClN2O4. The van der Waals surface area contributed by atoms with Gasteiger partial charge in [0.1, 0.15) is 5.75 Å². The van der Waals surface area contributed by atoms with E-state index in [1.807, 2.05) is 32.0 Å². The van der Waals surface area contributed by atoms with Crippen LogP contribution < -0.4 is 5.56 Å². The van der Waals surface area contributed by atoms with E-state index >= 15 is 0 Å². The van der Waals surface area contributed by atoms with Crippen molar-refractivity contribution in [1.82, 2.24) is 9.47 Å². The molecule has 1 aromatic heterocycles. The quantitative estimate of drug-likeness (QED) is 0.701. The van der Waals surface area contributed by atoms with Crippen molar-refractivity contribution in [2.24, 2.45) is 5.92 Å². The van der Waals surface area contributed by atoms with Crippen molar-refractivity contribution < 1.29 is 14.6 Å². The summed E-state index contributed by atoms with van der Waals surface area (Å²) in [7, 11) is 0. The summed E-state index contributed by atoms with van der Waals surface area (Å²) >= 11 is 6.25. The van der Waals surface area contributed by atoms with Crippen LogP contribution in [0.4, 0.5) is 0 Å². The number of carbonyl (C=O) groups excluding carboxylic acids is 1. The van der Waals surface area contributed by atoms with E-state index in [0.717, 1.165) is 11.3 Å². The largest absolute Gasteiger partial charge is 0.507 e. The number of nitrogens with zero attached hydrogens (tertiary/aromatic N) is 2. The lowest BCUT2D eigenvalue weighted by atomic mass is 9.91. The zero-order chi connectivity index (χ0) is 21.8. The zero-order valence-corrected chi connectivity index (χ0v) is 18.5. The highest BCUT2D eigenvalue weighted by molar-refractivity contribution is 6.30. The third-order valence-corrected chi connectivity index (χ3v) is 6.03. The van der Waals surface area contributed by atoms with Crippen LogP contribution in [0.1, 0.15) is 49.6 Å². The number of pyridine rings is 1. The number of ether oxygens (including phenoxy) is 1. The highest BCUT2D eigenvalue weighted by Gasteiger charge is 2.34. The molecule has 0 unspecified atom stereocenters. The molecule has 6 nitrogen and oxygen atoms in total. The summed E-state index contributed by atoms with van der Waals surface area (Å²) in [6, 6.07) is 8.58. The standard InChI is InChI=1S/C23H29ClN2O4/c1-4-26-15(3)13-19(27)20(22(26)28)21(17-7-6-8-18(24)14-17)25-11-9-16(10-12-25)23(29)30-5-2/h6-8,13-14,16,21,27H,4-5,9-12H2,1-3H3/t21-/m0/s1. The van der Waals surface area contributed by atoms with Crippen molar-refractivity contribution in [3.05, 3.63) is 62.5 Å². The van der Waals surface area contributed by atoms with Crippen molar-refractivity contribution >= 4 is 17.6 Å². The molecule has 1 aliphatic rings. The highest BCUT2D eigenvalue weighted by Crippen LogP contribution is 2.36. The fourth-order valence-electron chi connectivity index (χ4n) is 4.31. The van der Waals surface area contributed by atoms with Gasteiger partial charge in [0.25, 0.3) is 5.56 Å². The fraction of sp³-hybridized carbons (Fsp3) is 0.478. The monoisotopic (exact) mass is 432 g/mol. The number of esters is 1. The number of hydrogen-bond donors (Lipinski definition) is 1. The van der Waals surface area contributed by atoms with Gasteiger partial charge in [-0.25, -0.2) is 0 Å². The first-order valence-electron chi connectivity index (χ1n) is 10.5. The first-order valence-corrected chi connectivity index (χ1v) is 10.8. The minimum atomic E-state index is -0.447. The maximum atomic E-state index is 13.3. The van der Waals surface area contributed by atoms with E-state index in [1.54, 1.807) is 23.6 Å². The van der Waals surface area contributed by atoms with Gasteiger partial charge in [-0.2, -0.15) is 0 Å². The Balaban J connectivity index is 2.03. The number of benzene rings is 1. The van der Waals surface area contributed by atoms with Crippen molar-refractivity contribution in [2.75, 3.05) is 19.7 Å². The molecule has 7 heteroatoms. The Labute approximate surface area is 182 Å². The number of aromatic hydroxyl groups is 1. The maximum Gasteiger partial charge on any atom is 0.309 e. The second-order valence-electron chi connectivity index (χ2n) is 7.65. The van der Waals surface area contributed by atoms with Crippen LogP contribution in [-0.2, 0) is 16.1 Å². The topological polar surface area (TPSA) is 71.8 Å². The fourth-order valence-corrected chi connectivity index (χ4v) is 4.51. The average Bonchev–Trinajstić information content (AvgIpc) is 2.71. The van der Waals surface area contributed by atoms with Gasteiger partial charge in [0.05, 0.1) is 24.1 Å². The summed E-state index contributed by atoms with van der Waals surface area (Å²) in [5, 5.41) is 11.4. The van der Waals surface area contributed by atoms with Crippen LogP contribution >= 0.6 is 11.6 Å². The predicted octanol–water partition coefficient (Wildman–Crippen LogP) is 3.90. The van der Waals surface area contributed by atoms with Crippen molar-refractivity contribution in [1.29, 1.82) is 0 Å². The highest BCUT2D eigenvalue weighted by atomic mass is 35.5. The van der Waals surface area contributed by atoms with Crippen LogP contribution in [0.2, 0.25) is 5.02 Å². The van der Waals surface area contributed by atoms with Crippen molar-refractivity contribution in [3.8, 4) is 5.75 Å². The number of aryl methyl sites for hydroxylation is 1. The van der Waals surface area contributed by atoms with Crippen molar-refractivity contribution in [3.63, 3.8) is 0 Å². The number of rotatable bonds is 6. The smallest absolute Gasteiger partial charge is 0.309 e. The first kappa shape index (κ1) is 22.4. The molecule has 3 rings (SSSR count). The molecule has 1 atom stereocenters. The number of piperidine rings is 1. The molecule has 0 radical (unpaired) electrons. The molecule has 1 saturated heterocycles.